The van der Waals surface area contributed by atoms with Crippen molar-refractivity contribution in [2.45, 2.75) is 79.4 Å². The van der Waals surface area contributed by atoms with Gasteiger partial charge in [0.1, 0.15) is 21.9 Å². The molecule has 0 bridgehead atoms. The van der Waals surface area contributed by atoms with Gasteiger partial charge in [-0.2, -0.15) is 13.2 Å². The summed E-state index contributed by atoms with van der Waals surface area (Å²) in [6, 6.07) is 7.40. The molecular weight excluding hydrogens is 581 g/mol. The Morgan fingerprint density at radius 2 is 1.76 bits per heavy atom. The minimum absolute atomic E-state index is 0.00103. The van der Waals surface area contributed by atoms with E-state index in [1.54, 1.807) is 0 Å². The van der Waals surface area contributed by atoms with E-state index in [4.69, 9.17) is 4.11 Å². The maximum Gasteiger partial charge on any atom is 0.426 e. The molecule has 0 spiro atoms. The van der Waals surface area contributed by atoms with Gasteiger partial charge in [-0.3, -0.25) is 9.59 Å². The van der Waals surface area contributed by atoms with E-state index in [-0.39, 0.29) is 67.6 Å². The number of rotatable bonds is 7. The summed E-state index contributed by atoms with van der Waals surface area (Å²) in [5, 5.41) is 10.8. The molecule has 0 radical (unpaired) electrons. The molecule has 1 N–H and O–H groups in total. The lowest BCUT2D eigenvalue weighted by atomic mass is 9.71. The van der Waals surface area contributed by atoms with Crippen LogP contribution in [0.2, 0.25) is 0 Å². The van der Waals surface area contributed by atoms with Gasteiger partial charge in [-0.1, -0.05) is 18.2 Å². The van der Waals surface area contributed by atoms with Crippen LogP contribution < -0.4 is 0 Å². The van der Waals surface area contributed by atoms with Gasteiger partial charge in [-0.25, -0.2) is 17.2 Å². The first kappa shape index (κ1) is 26.7. The minimum atomic E-state index is -5.21. The molecule has 1 saturated heterocycles. The fourth-order valence-corrected chi connectivity index (χ4v) is 9.65. The van der Waals surface area contributed by atoms with E-state index >= 15 is 0 Å². The number of β-amino-alcohol motifs (C(OH)–C–C–N with tert-alkyl or cyclic N) is 1. The Hall–Kier alpha value is -2.86. The second-order valence-corrected chi connectivity index (χ2v) is 14.2. The highest BCUT2D eigenvalue weighted by atomic mass is 32.2. The van der Waals surface area contributed by atoms with Crippen LogP contribution >= 0.6 is 0 Å². The molecule has 2 fully saturated rings. The van der Waals surface area contributed by atoms with E-state index in [1.807, 2.05) is 0 Å². The van der Waals surface area contributed by atoms with Crippen LogP contribution in [0.4, 0.5) is 22.0 Å². The molecule has 2 aromatic rings. The topological polar surface area (TPSA) is 91.8 Å². The van der Waals surface area contributed by atoms with Gasteiger partial charge in [0.15, 0.2) is 9.84 Å². The highest BCUT2D eigenvalue weighted by Crippen LogP contribution is 2.60. The molecular formula is C30H32F5NO5S. The van der Waals surface area contributed by atoms with Crippen molar-refractivity contribution in [3.05, 3.63) is 65.0 Å². The lowest BCUT2D eigenvalue weighted by molar-refractivity contribution is -0.228. The predicted octanol–water partition coefficient (Wildman–Crippen LogP) is 5.16. The summed E-state index contributed by atoms with van der Waals surface area (Å²) in [5.41, 5.74) is -5.50. The summed E-state index contributed by atoms with van der Waals surface area (Å²) in [4.78, 5) is 25.9. The van der Waals surface area contributed by atoms with Crippen LogP contribution in [0.15, 0.2) is 47.4 Å². The molecule has 6 nitrogen and oxygen atoms in total. The van der Waals surface area contributed by atoms with Gasteiger partial charge in [-0.15, -0.1) is 0 Å². The van der Waals surface area contributed by atoms with Crippen molar-refractivity contribution >= 4 is 21.5 Å². The van der Waals surface area contributed by atoms with Gasteiger partial charge in [0.2, 0.25) is 11.6 Å². The normalized spacial score (nSPS) is 27.9. The van der Waals surface area contributed by atoms with Crippen molar-refractivity contribution < 1.29 is 49.2 Å². The van der Waals surface area contributed by atoms with Crippen molar-refractivity contribution in [2.24, 2.45) is 11.8 Å². The number of ketones is 1. The average Bonchev–Trinajstić information content (AvgIpc) is 3.30. The zero-order chi connectivity index (χ0) is 33.4. The van der Waals surface area contributed by atoms with Gasteiger partial charge in [0, 0.05) is 23.8 Å². The third kappa shape index (κ3) is 4.84. The molecule has 1 amide bonds. The van der Waals surface area contributed by atoms with Crippen molar-refractivity contribution in [1.29, 1.82) is 0 Å². The van der Waals surface area contributed by atoms with Crippen LogP contribution in [0.25, 0.3) is 0 Å². The molecule has 0 aromatic heterocycles. The zero-order valence-electron chi connectivity index (χ0n) is 25.7. The average molecular weight is 617 g/mol. The summed E-state index contributed by atoms with van der Waals surface area (Å²) in [6.07, 6.45) is -5.20. The monoisotopic (exact) mass is 616 g/mol. The number of likely N-dealkylation sites (tertiary alicyclic amines) is 1. The molecule has 3 aliphatic rings. The lowest BCUT2D eigenvalue weighted by Crippen LogP contribution is -2.63. The maximum absolute atomic E-state index is 14.9. The molecule has 228 valence electrons. The largest absolute Gasteiger partial charge is 0.426 e. The molecule has 5 rings (SSSR count). The summed E-state index contributed by atoms with van der Waals surface area (Å²) >= 11 is 0. The first-order valence-corrected chi connectivity index (χ1v) is 15.0. The number of benzene rings is 2. The Bertz CT molecular complexity index is 1620. The zero-order valence-corrected chi connectivity index (χ0v) is 23.5. The first-order chi connectivity index (χ1) is 20.6. The van der Waals surface area contributed by atoms with Crippen LogP contribution in [0.1, 0.15) is 66.7 Å². The van der Waals surface area contributed by atoms with Crippen molar-refractivity contribution in [3.63, 3.8) is 0 Å². The Labute approximate surface area is 245 Å². The third-order valence-electron chi connectivity index (χ3n) is 9.29. The van der Waals surface area contributed by atoms with Gasteiger partial charge in [0.25, 0.3) is 0 Å². The molecule has 1 aliphatic heterocycles. The molecule has 4 atom stereocenters. The number of alkyl halides is 4. The maximum atomic E-state index is 14.9. The van der Waals surface area contributed by atoms with Crippen LogP contribution in [0.3, 0.4) is 0 Å². The second kappa shape index (κ2) is 10.1. The number of fused-ring (bicyclic) bond motifs is 3. The Balaban J connectivity index is 1.46. The molecule has 12 heteroatoms. The lowest BCUT2D eigenvalue weighted by Gasteiger charge is -2.46. The van der Waals surface area contributed by atoms with Gasteiger partial charge < -0.3 is 10.0 Å². The molecule has 42 heavy (non-hydrogen) atoms. The highest BCUT2D eigenvalue weighted by molar-refractivity contribution is 7.92. The standard InChI is InChI=1S/C30H32F5NO5S/c1-18(37)36-16-28(39,17-36)15-23(38)14-20-11-12-29(42(40,41)24-7-5-22(31)6-8-24)25(20)9-3-19-13-21(4-10-26(19)29)27(2,32)30(33,34)35/h4-8,10,13,20,25,39H,3,9,11-12,14-17H2,1-2H3/t20-,25-,27?,29-/m0/s1/i1D3. The van der Waals surface area contributed by atoms with E-state index in [1.165, 1.54) is 6.07 Å². The molecule has 1 unspecified atom stereocenters. The summed E-state index contributed by atoms with van der Waals surface area (Å²) in [7, 11) is -4.34. The number of hydrogen-bond acceptors (Lipinski definition) is 5. The fourth-order valence-electron chi connectivity index (χ4n) is 7.15. The summed E-state index contributed by atoms with van der Waals surface area (Å²) in [5.74, 6) is -3.42. The van der Waals surface area contributed by atoms with Crippen LogP contribution in [0, 0.1) is 17.7 Å². The van der Waals surface area contributed by atoms with Gasteiger partial charge >= 0.3 is 6.18 Å². The van der Waals surface area contributed by atoms with Gasteiger partial charge in [-0.05, 0) is 85.4 Å². The number of nitrogens with zero attached hydrogens (tertiary/aromatic N) is 1. The summed E-state index contributed by atoms with van der Waals surface area (Å²) < 4.78 is 118. The summed E-state index contributed by atoms with van der Waals surface area (Å²) in [6.45, 7) is -3.17. The number of Topliss-reactive ketones (excluding diaryl/α,β-unsaturated/α-hetero) is 1. The Morgan fingerprint density at radius 1 is 1.10 bits per heavy atom. The van der Waals surface area contributed by atoms with E-state index in [0.29, 0.717) is 6.92 Å². The number of aryl methyl sites for hydroxylation is 1. The van der Waals surface area contributed by atoms with Crippen molar-refractivity contribution in [3.8, 4) is 0 Å². The Kier molecular flexibility index (Phi) is 6.44. The Morgan fingerprint density at radius 3 is 2.38 bits per heavy atom. The minimum Gasteiger partial charge on any atom is -0.386 e. The molecule has 2 aliphatic carbocycles. The molecule has 1 saturated carbocycles. The number of carbonyl (C=O) groups excluding carboxylic acids is 2. The fraction of sp³-hybridized carbons (Fsp3) is 0.533. The number of aliphatic hydroxyl groups is 1. The number of sulfone groups is 1. The number of hydrogen-bond donors (Lipinski definition) is 1. The highest BCUT2D eigenvalue weighted by Gasteiger charge is 2.61. The predicted molar refractivity (Wildman–Crippen MR) is 142 cm³/mol. The van der Waals surface area contributed by atoms with E-state index in [0.717, 1.165) is 41.3 Å². The number of halogens is 5. The third-order valence-corrected chi connectivity index (χ3v) is 11.9. The van der Waals surface area contributed by atoms with Gasteiger partial charge in [0.05, 0.1) is 18.0 Å². The number of amides is 1. The first-order valence-electron chi connectivity index (χ1n) is 15.1. The van der Waals surface area contributed by atoms with Crippen molar-refractivity contribution in [1.82, 2.24) is 4.90 Å². The smallest absolute Gasteiger partial charge is 0.386 e. The van der Waals surface area contributed by atoms with Crippen molar-refractivity contribution in [2.75, 3.05) is 13.1 Å². The second-order valence-electron chi connectivity index (χ2n) is 12.0. The quantitative estimate of drug-likeness (QED) is 0.343. The van der Waals surface area contributed by atoms with E-state index in [2.05, 4.69) is 0 Å². The van der Waals surface area contributed by atoms with E-state index in [9.17, 15) is 45.1 Å². The van der Waals surface area contributed by atoms with Crippen LogP contribution in [-0.2, 0) is 36.3 Å². The van der Waals surface area contributed by atoms with Crippen LogP contribution in [-0.4, -0.2) is 55.0 Å². The number of carbonyl (C=O) groups is 2. The molecule has 1 heterocycles. The molecule has 2 aromatic carbocycles. The van der Waals surface area contributed by atoms with E-state index < -0.39 is 73.8 Å². The van der Waals surface area contributed by atoms with Crippen LogP contribution in [0.5, 0.6) is 0 Å². The SMILES string of the molecule is [2H]C([2H])([2H])C(=O)N1CC(O)(CC(=O)C[C@@H]2CC[C@@]3(S(=O)(=O)c4ccc(F)cc4)c4ccc(C(C)(F)C(F)(F)F)cc4CC[C@@H]23)C1.